The predicted octanol–water partition coefficient (Wildman–Crippen LogP) is 2.64. The number of nitrogens with one attached hydrogen (secondary N) is 2. The number of hydrazine groups is 1. The number of non-ortho nitro benzene ring substituents is 1. The van der Waals surface area contributed by atoms with Crippen LogP contribution in [-0.4, -0.2) is 32.0 Å². The molecular formula is C19H17N5O4S. The zero-order chi connectivity index (χ0) is 20.8. The lowest BCUT2D eigenvalue weighted by Crippen LogP contribution is -2.42. The number of carbonyl (C=O) groups is 2. The summed E-state index contributed by atoms with van der Waals surface area (Å²) < 4.78 is 1.87. The van der Waals surface area contributed by atoms with E-state index in [4.69, 9.17) is 0 Å². The first-order chi connectivity index (χ1) is 13.9. The Bertz CT molecular complexity index is 1070. The summed E-state index contributed by atoms with van der Waals surface area (Å²) in [7, 11) is 0. The maximum atomic E-state index is 12.1. The number of hydrogen-bond donors (Lipinski definition) is 2. The first-order valence-corrected chi connectivity index (χ1v) is 9.49. The second-order valence-corrected chi connectivity index (χ2v) is 6.96. The third kappa shape index (κ3) is 5.20. The molecule has 10 heteroatoms. The average molecular weight is 411 g/mol. The SMILES string of the molecule is Cc1cccc(-n2ccnc2SCC(=O)NNC(=O)c2cccc([N+](=O)[O-])c2)c1. The lowest BCUT2D eigenvalue weighted by atomic mass is 10.2. The highest BCUT2D eigenvalue weighted by Gasteiger charge is 2.13. The zero-order valence-electron chi connectivity index (χ0n) is 15.4. The Morgan fingerprint density at radius 1 is 1.17 bits per heavy atom. The van der Waals surface area contributed by atoms with Gasteiger partial charge in [-0.25, -0.2) is 4.98 Å². The molecule has 3 aromatic rings. The fraction of sp³-hybridized carbons (Fsp3) is 0.105. The van der Waals surface area contributed by atoms with Crippen molar-refractivity contribution in [2.45, 2.75) is 12.1 Å². The molecule has 2 amide bonds. The predicted molar refractivity (Wildman–Crippen MR) is 108 cm³/mol. The number of imidazole rings is 1. The molecule has 148 valence electrons. The largest absolute Gasteiger partial charge is 0.295 e. The van der Waals surface area contributed by atoms with Crippen molar-refractivity contribution in [2.24, 2.45) is 0 Å². The third-order valence-electron chi connectivity index (χ3n) is 3.85. The molecule has 0 saturated carbocycles. The van der Waals surface area contributed by atoms with E-state index in [0.717, 1.165) is 17.3 Å². The van der Waals surface area contributed by atoms with Crippen molar-refractivity contribution < 1.29 is 14.5 Å². The second kappa shape index (κ2) is 9.02. The van der Waals surface area contributed by atoms with Gasteiger partial charge in [-0.1, -0.05) is 30.0 Å². The van der Waals surface area contributed by atoms with Crippen molar-refractivity contribution in [3.05, 3.63) is 82.2 Å². The molecule has 0 aliphatic carbocycles. The van der Waals surface area contributed by atoms with Gasteiger partial charge in [0.25, 0.3) is 11.6 Å². The molecule has 0 unspecified atom stereocenters. The van der Waals surface area contributed by atoms with Gasteiger partial charge < -0.3 is 0 Å². The van der Waals surface area contributed by atoms with Crippen molar-refractivity contribution in [2.75, 3.05) is 5.75 Å². The van der Waals surface area contributed by atoms with Crippen LogP contribution in [0.1, 0.15) is 15.9 Å². The Morgan fingerprint density at radius 2 is 1.97 bits per heavy atom. The Hall–Kier alpha value is -3.66. The van der Waals surface area contributed by atoms with E-state index in [0.29, 0.717) is 5.16 Å². The van der Waals surface area contributed by atoms with E-state index in [2.05, 4.69) is 15.8 Å². The number of nitro benzene ring substituents is 1. The smallest absolute Gasteiger partial charge is 0.270 e. The van der Waals surface area contributed by atoms with Crippen LogP contribution in [0.2, 0.25) is 0 Å². The van der Waals surface area contributed by atoms with Crippen molar-refractivity contribution >= 4 is 29.3 Å². The molecule has 0 fully saturated rings. The average Bonchev–Trinajstić information content (AvgIpc) is 3.19. The van der Waals surface area contributed by atoms with Gasteiger partial charge >= 0.3 is 0 Å². The summed E-state index contributed by atoms with van der Waals surface area (Å²) in [4.78, 5) is 38.6. The highest BCUT2D eigenvalue weighted by Crippen LogP contribution is 2.20. The lowest BCUT2D eigenvalue weighted by molar-refractivity contribution is -0.384. The maximum absolute atomic E-state index is 12.1. The van der Waals surface area contributed by atoms with Crippen LogP contribution in [0.25, 0.3) is 5.69 Å². The van der Waals surface area contributed by atoms with E-state index in [1.54, 1.807) is 12.4 Å². The standard InChI is InChI=1S/C19H17N5O4S/c1-13-4-2-6-15(10-13)23-9-8-20-19(23)29-12-17(25)21-22-18(26)14-5-3-7-16(11-14)24(27)28/h2-11H,12H2,1H3,(H,21,25)(H,22,26). The molecule has 1 aromatic heterocycles. The maximum Gasteiger partial charge on any atom is 0.270 e. The summed E-state index contributed by atoms with van der Waals surface area (Å²) in [5, 5.41) is 11.4. The molecule has 0 saturated heterocycles. The molecule has 0 atom stereocenters. The van der Waals surface area contributed by atoms with Gasteiger partial charge in [0.15, 0.2) is 5.16 Å². The first-order valence-electron chi connectivity index (χ1n) is 8.51. The van der Waals surface area contributed by atoms with E-state index in [9.17, 15) is 19.7 Å². The minimum atomic E-state index is -0.645. The van der Waals surface area contributed by atoms with Gasteiger partial charge in [-0.05, 0) is 30.7 Å². The highest BCUT2D eigenvalue weighted by atomic mass is 32.2. The van der Waals surface area contributed by atoms with Crippen LogP contribution >= 0.6 is 11.8 Å². The summed E-state index contributed by atoms with van der Waals surface area (Å²) >= 11 is 1.22. The molecule has 1 heterocycles. The van der Waals surface area contributed by atoms with Gasteiger partial charge in [-0.15, -0.1) is 0 Å². The van der Waals surface area contributed by atoms with E-state index >= 15 is 0 Å². The molecule has 2 aromatic carbocycles. The van der Waals surface area contributed by atoms with Gasteiger partial charge in [-0.3, -0.25) is 35.1 Å². The third-order valence-corrected chi connectivity index (χ3v) is 4.82. The summed E-state index contributed by atoms with van der Waals surface area (Å²) in [6.45, 7) is 1.99. The summed E-state index contributed by atoms with van der Waals surface area (Å²) in [5.74, 6) is -1.06. The summed E-state index contributed by atoms with van der Waals surface area (Å²) in [5.41, 5.74) is 6.45. The fourth-order valence-corrected chi connectivity index (χ4v) is 3.27. The number of benzene rings is 2. The van der Waals surface area contributed by atoms with Crippen molar-refractivity contribution in [3.63, 3.8) is 0 Å². The van der Waals surface area contributed by atoms with E-state index in [1.807, 2.05) is 35.8 Å². The van der Waals surface area contributed by atoms with Crippen LogP contribution in [0.15, 0.2) is 66.1 Å². The topological polar surface area (TPSA) is 119 Å². The number of nitrogens with zero attached hydrogens (tertiary/aromatic N) is 3. The quantitative estimate of drug-likeness (QED) is 0.366. The zero-order valence-corrected chi connectivity index (χ0v) is 16.2. The van der Waals surface area contributed by atoms with Crippen LogP contribution in [0, 0.1) is 17.0 Å². The monoisotopic (exact) mass is 411 g/mol. The molecule has 0 aliphatic heterocycles. The van der Waals surface area contributed by atoms with Gasteiger partial charge in [0.1, 0.15) is 0 Å². The number of carbonyl (C=O) groups excluding carboxylic acids is 2. The normalized spacial score (nSPS) is 10.4. The Balaban J connectivity index is 1.55. The number of aromatic nitrogens is 2. The minimum absolute atomic E-state index is 0.0258. The van der Waals surface area contributed by atoms with Gasteiger partial charge in [0, 0.05) is 35.8 Å². The van der Waals surface area contributed by atoms with Gasteiger partial charge in [0.2, 0.25) is 5.91 Å². The molecule has 9 nitrogen and oxygen atoms in total. The highest BCUT2D eigenvalue weighted by molar-refractivity contribution is 7.99. The van der Waals surface area contributed by atoms with Crippen LogP contribution in [0.5, 0.6) is 0 Å². The number of thioether (sulfide) groups is 1. The van der Waals surface area contributed by atoms with Crippen molar-refractivity contribution in [1.29, 1.82) is 0 Å². The minimum Gasteiger partial charge on any atom is -0.295 e. The molecule has 0 aliphatic rings. The number of amides is 2. The molecule has 3 rings (SSSR count). The first kappa shape index (κ1) is 20.1. The molecule has 29 heavy (non-hydrogen) atoms. The van der Waals surface area contributed by atoms with Crippen LogP contribution in [-0.2, 0) is 4.79 Å². The summed E-state index contributed by atoms with van der Waals surface area (Å²) in [6.07, 6.45) is 3.45. The molecular weight excluding hydrogens is 394 g/mol. The molecule has 0 spiro atoms. The Kier molecular flexibility index (Phi) is 6.25. The van der Waals surface area contributed by atoms with Crippen molar-refractivity contribution in [3.8, 4) is 5.69 Å². The fourth-order valence-electron chi connectivity index (χ4n) is 2.50. The van der Waals surface area contributed by atoms with Crippen LogP contribution < -0.4 is 10.9 Å². The van der Waals surface area contributed by atoms with Crippen LogP contribution in [0.3, 0.4) is 0 Å². The number of hydrogen-bond acceptors (Lipinski definition) is 6. The molecule has 0 radical (unpaired) electrons. The van der Waals surface area contributed by atoms with Gasteiger partial charge in [0.05, 0.1) is 10.7 Å². The number of aryl methyl sites for hydroxylation is 1. The van der Waals surface area contributed by atoms with Crippen LogP contribution in [0.4, 0.5) is 5.69 Å². The van der Waals surface area contributed by atoms with E-state index in [1.165, 1.54) is 30.0 Å². The second-order valence-electron chi connectivity index (χ2n) is 6.02. The number of nitro groups is 1. The lowest BCUT2D eigenvalue weighted by Gasteiger charge is -2.09. The van der Waals surface area contributed by atoms with Gasteiger partial charge in [-0.2, -0.15) is 0 Å². The Labute approximate surface area is 170 Å². The number of rotatable bonds is 6. The summed E-state index contributed by atoms with van der Waals surface area (Å²) in [6, 6.07) is 13.1. The van der Waals surface area contributed by atoms with E-state index < -0.39 is 16.7 Å². The van der Waals surface area contributed by atoms with Crippen molar-refractivity contribution in [1.82, 2.24) is 20.4 Å². The Morgan fingerprint density at radius 3 is 2.72 bits per heavy atom. The molecule has 2 N–H and O–H groups in total. The van der Waals surface area contributed by atoms with E-state index in [-0.39, 0.29) is 17.0 Å². The molecule has 0 bridgehead atoms.